The van der Waals surface area contributed by atoms with E-state index in [1.807, 2.05) is 19.9 Å². The lowest BCUT2D eigenvalue weighted by Crippen LogP contribution is -2.15. The minimum Gasteiger partial charge on any atom is -0.467 e. The Morgan fingerprint density at radius 2 is 2.23 bits per heavy atom. The second-order valence-electron chi connectivity index (χ2n) is 2.43. The van der Waals surface area contributed by atoms with Gasteiger partial charge in [-0.25, -0.2) is 4.79 Å². The number of esters is 1. The minimum absolute atomic E-state index is 0.0610. The molecular weight excluding hydrogens is 168 g/mol. The highest BCUT2D eigenvalue weighted by molar-refractivity contribution is 5.70. The van der Waals surface area contributed by atoms with Gasteiger partial charge in [-0.15, -0.1) is 0 Å². The highest BCUT2D eigenvalue weighted by Gasteiger charge is 2.10. The third-order valence-corrected chi connectivity index (χ3v) is 1.61. The molecule has 0 heterocycles. The Kier molecular flexibility index (Phi) is 7.30. The molecule has 1 unspecified atom stereocenters. The van der Waals surface area contributed by atoms with Crippen molar-refractivity contribution in [2.75, 3.05) is 13.7 Å². The van der Waals surface area contributed by atoms with E-state index in [1.54, 1.807) is 0 Å². The van der Waals surface area contributed by atoms with Crippen molar-refractivity contribution < 1.29 is 14.3 Å². The first-order valence-corrected chi connectivity index (χ1v) is 4.68. The lowest BCUT2D eigenvalue weighted by Gasteiger charge is -2.07. The molecule has 0 radical (unpaired) electrons. The summed E-state index contributed by atoms with van der Waals surface area (Å²) in [4.78, 5) is 10.6. The predicted molar refractivity (Wildman–Crippen MR) is 51.5 cm³/mol. The number of carbonyl (C=O) groups is 1. The summed E-state index contributed by atoms with van der Waals surface area (Å²) in [7, 11) is 1.36. The van der Waals surface area contributed by atoms with Crippen LogP contribution in [0.4, 0.5) is 0 Å². The minimum atomic E-state index is -0.315. The predicted octanol–water partition coefficient (Wildman–Crippen LogP) is 1.92. The molecule has 13 heavy (non-hydrogen) atoms. The maximum Gasteiger partial charge on any atom is 0.331 e. The average Bonchev–Trinajstić information content (AvgIpc) is 2.70. The Morgan fingerprint density at radius 1 is 1.54 bits per heavy atom. The summed E-state index contributed by atoms with van der Waals surface area (Å²) in [6.07, 6.45) is 6.18. The lowest BCUT2D eigenvalue weighted by atomic mass is 10.3. The molecular formula is C10H18O3. The van der Waals surface area contributed by atoms with Gasteiger partial charge >= 0.3 is 5.97 Å². The summed E-state index contributed by atoms with van der Waals surface area (Å²) in [6, 6.07) is 0. The Labute approximate surface area is 79.7 Å². The number of ether oxygens (including phenoxy) is 2. The molecule has 1 aliphatic carbocycles. The van der Waals surface area contributed by atoms with Gasteiger partial charge in [0.15, 0.2) is 0 Å². The van der Waals surface area contributed by atoms with Crippen molar-refractivity contribution in [1.29, 1.82) is 0 Å². The van der Waals surface area contributed by atoms with Crippen LogP contribution >= 0.6 is 0 Å². The van der Waals surface area contributed by atoms with Gasteiger partial charge in [-0.1, -0.05) is 26.0 Å². The first-order valence-electron chi connectivity index (χ1n) is 4.68. The molecule has 1 aliphatic rings. The van der Waals surface area contributed by atoms with E-state index in [-0.39, 0.29) is 18.7 Å². The van der Waals surface area contributed by atoms with Crippen LogP contribution in [0.3, 0.4) is 0 Å². The summed E-state index contributed by atoms with van der Waals surface area (Å²) in [5.41, 5.74) is 0. The summed E-state index contributed by atoms with van der Waals surface area (Å²) >= 11 is 0. The molecule has 0 aliphatic heterocycles. The van der Waals surface area contributed by atoms with Crippen LogP contribution < -0.4 is 0 Å². The molecule has 0 fully saturated rings. The van der Waals surface area contributed by atoms with Gasteiger partial charge in [0.25, 0.3) is 0 Å². The lowest BCUT2D eigenvalue weighted by molar-refractivity contribution is -0.147. The molecule has 0 amide bonds. The molecule has 0 aromatic rings. The second kappa shape index (κ2) is 7.80. The Hall–Kier alpha value is -0.830. The van der Waals surface area contributed by atoms with Gasteiger partial charge in [-0.3, -0.25) is 0 Å². The highest BCUT2D eigenvalue weighted by atomic mass is 16.6. The quantitative estimate of drug-likeness (QED) is 0.499. The number of allylic oxidation sites excluding steroid dienone is 1. The average molecular weight is 186 g/mol. The van der Waals surface area contributed by atoms with E-state index in [1.165, 1.54) is 7.11 Å². The van der Waals surface area contributed by atoms with Crippen LogP contribution in [0.5, 0.6) is 0 Å². The topological polar surface area (TPSA) is 35.5 Å². The van der Waals surface area contributed by atoms with Crippen molar-refractivity contribution in [1.82, 2.24) is 0 Å². The zero-order valence-electron chi connectivity index (χ0n) is 8.58. The summed E-state index contributed by atoms with van der Waals surface area (Å²) in [6.45, 7) is 4.06. The zero-order chi connectivity index (χ0) is 10.1. The summed E-state index contributed by atoms with van der Waals surface area (Å²) in [5, 5.41) is 0. The number of hydrogen-bond acceptors (Lipinski definition) is 3. The van der Waals surface area contributed by atoms with Gasteiger partial charge in [0.05, 0.1) is 13.2 Å². The Morgan fingerprint density at radius 3 is 2.69 bits per heavy atom. The number of carbonyl (C=O) groups excluding carboxylic acids is 1. The van der Waals surface area contributed by atoms with Crippen LogP contribution in [0.2, 0.25) is 0 Å². The van der Waals surface area contributed by atoms with Crippen molar-refractivity contribution in [3.8, 4) is 0 Å². The fraction of sp³-hybridized carbons (Fsp3) is 0.700. The van der Waals surface area contributed by atoms with Gasteiger partial charge in [0.2, 0.25) is 0 Å². The molecule has 1 rings (SSSR count). The van der Waals surface area contributed by atoms with Crippen molar-refractivity contribution in [3.05, 3.63) is 12.2 Å². The van der Waals surface area contributed by atoms with E-state index in [0.717, 1.165) is 12.8 Å². The summed E-state index contributed by atoms with van der Waals surface area (Å²) in [5.74, 6) is -0.315. The van der Waals surface area contributed by atoms with Gasteiger partial charge in [-0.05, 0) is 12.8 Å². The maximum atomic E-state index is 10.6. The summed E-state index contributed by atoms with van der Waals surface area (Å²) < 4.78 is 9.62. The third kappa shape index (κ3) is 5.42. The van der Waals surface area contributed by atoms with E-state index >= 15 is 0 Å². The normalized spacial score (nSPS) is 19.2. The molecule has 0 bridgehead atoms. The number of methoxy groups -OCH3 is 1. The smallest absolute Gasteiger partial charge is 0.331 e. The van der Waals surface area contributed by atoms with Crippen molar-refractivity contribution >= 4 is 5.97 Å². The standard InChI is InChI=1S/C8H12O3.C2H6/c1-10-8(9)6-11-7-4-2-3-5-7;1-2/h2,4,7H,3,5-6H2,1H3;1-2H3. The van der Waals surface area contributed by atoms with Crippen molar-refractivity contribution in [3.63, 3.8) is 0 Å². The van der Waals surface area contributed by atoms with E-state index in [2.05, 4.69) is 10.8 Å². The first kappa shape index (κ1) is 12.2. The van der Waals surface area contributed by atoms with Crippen LogP contribution in [0.15, 0.2) is 12.2 Å². The Balaban J connectivity index is 0.000000671. The molecule has 3 heteroatoms. The molecule has 76 valence electrons. The Bertz CT molecular complexity index is 164. The van der Waals surface area contributed by atoms with E-state index in [0.29, 0.717) is 0 Å². The molecule has 0 N–H and O–H groups in total. The number of rotatable bonds is 3. The van der Waals surface area contributed by atoms with Crippen LogP contribution in [0, 0.1) is 0 Å². The first-order chi connectivity index (χ1) is 6.33. The maximum absolute atomic E-state index is 10.6. The molecule has 0 aromatic heterocycles. The van der Waals surface area contributed by atoms with Crippen molar-refractivity contribution in [2.24, 2.45) is 0 Å². The fourth-order valence-electron chi connectivity index (χ4n) is 0.978. The van der Waals surface area contributed by atoms with Gasteiger partial charge in [0.1, 0.15) is 6.61 Å². The largest absolute Gasteiger partial charge is 0.467 e. The highest BCUT2D eigenvalue weighted by Crippen LogP contribution is 2.12. The van der Waals surface area contributed by atoms with Crippen LogP contribution in [0.1, 0.15) is 26.7 Å². The van der Waals surface area contributed by atoms with Crippen LogP contribution in [-0.2, 0) is 14.3 Å². The second-order valence-corrected chi connectivity index (χ2v) is 2.43. The van der Waals surface area contributed by atoms with Crippen molar-refractivity contribution in [2.45, 2.75) is 32.8 Å². The van der Waals surface area contributed by atoms with Crippen LogP contribution in [0.25, 0.3) is 0 Å². The SMILES string of the molecule is CC.COC(=O)COC1C=CCC1. The van der Waals surface area contributed by atoms with Gasteiger partial charge in [0, 0.05) is 0 Å². The van der Waals surface area contributed by atoms with Crippen LogP contribution in [-0.4, -0.2) is 25.8 Å². The molecule has 0 spiro atoms. The molecule has 0 saturated carbocycles. The molecule has 0 aromatic carbocycles. The fourth-order valence-corrected chi connectivity index (χ4v) is 0.978. The number of hydrogen-bond donors (Lipinski definition) is 0. The van der Waals surface area contributed by atoms with E-state index in [9.17, 15) is 4.79 Å². The van der Waals surface area contributed by atoms with Gasteiger partial charge in [-0.2, -0.15) is 0 Å². The molecule has 3 nitrogen and oxygen atoms in total. The zero-order valence-corrected chi connectivity index (χ0v) is 8.58. The molecule has 1 atom stereocenters. The monoisotopic (exact) mass is 186 g/mol. The molecule has 0 saturated heterocycles. The third-order valence-electron chi connectivity index (χ3n) is 1.61. The van der Waals surface area contributed by atoms with Gasteiger partial charge < -0.3 is 9.47 Å². The van der Waals surface area contributed by atoms with E-state index < -0.39 is 0 Å². The van der Waals surface area contributed by atoms with E-state index in [4.69, 9.17) is 4.74 Å².